The van der Waals surface area contributed by atoms with Crippen LogP contribution in [0.15, 0.2) is 36.7 Å². The summed E-state index contributed by atoms with van der Waals surface area (Å²) in [5.41, 5.74) is 6.57. The Morgan fingerprint density at radius 1 is 1.40 bits per heavy atom. The molecule has 6 nitrogen and oxygen atoms in total. The van der Waals surface area contributed by atoms with Crippen LogP contribution in [0, 0.1) is 0 Å². The quantitative estimate of drug-likeness (QED) is 0.761. The number of thiophene rings is 1. The first-order valence-corrected chi connectivity index (χ1v) is 6.96. The standard InChI is InChI=1S/C13H13N5OS/c14-11-9-3-1-2-4-10(9)20-12(11)13(19)15-5-7-18-8-6-16-17-18/h1-4,6,8H,5,7,14H2,(H,15,19). The third-order valence-electron chi connectivity index (χ3n) is 2.94. The summed E-state index contributed by atoms with van der Waals surface area (Å²) in [7, 11) is 0. The van der Waals surface area contributed by atoms with Crippen LogP contribution in [0.4, 0.5) is 5.69 Å². The van der Waals surface area contributed by atoms with Crippen LogP contribution in [-0.4, -0.2) is 27.4 Å². The van der Waals surface area contributed by atoms with Gasteiger partial charge in [-0.1, -0.05) is 23.4 Å². The van der Waals surface area contributed by atoms with Crippen molar-refractivity contribution in [3.8, 4) is 0 Å². The number of benzene rings is 1. The van der Waals surface area contributed by atoms with E-state index in [-0.39, 0.29) is 5.91 Å². The van der Waals surface area contributed by atoms with E-state index in [1.165, 1.54) is 11.3 Å². The van der Waals surface area contributed by atoms with Crippen LogP contribution in [0.3, 0.4) is 0 Å². The molecule has 0 saturated heterocycles. The van der Waals surface area contributed by atoms with Crippen LogP contribution in [0.2, 0.25) is 0 Å². The molecule has 7 heteroatoms. The molecule has 0 aliphatic carbocycles. The first kappa shape index (κ1) is 12.6. The average molecular weight is 287 g/mol. The van der Waals surface area contributed by atoms with Gasteiger partial charge in [0.15, 0.2) is 0 Å². The van der Waals surface area contributed by atoms with Crippen LogP contribution in [0.5, 0.6) is 0 Å². The Labute approximate surface area is 119 Å². The third kappa shape index (κ3) is 2.35. The van der Waals surface area contributed by atoms with E-state index < -0.39 is 0 Å². The van der Waals surface area contributed by atoms with Gasteiger partial charge in [-0.05, 0) is 6.07 Å². The Kier molecular flexibility index (Phi) is 3.34. The van der Waals surface area contributed by atoms with Gasteiger partial charge in [0, 0.05) is 22.8 Å². The number of fused-ring (bicyclic) bond motifs is 1. The zero-order valence-corrected chi connectivity index (χ0v) is 11.4. The van der Waals surface area contributed by atoms with E-state index in [1.807, 2.05) is 24.3 Å². The maximum atomic E-state index is 12.1. The summed E-state index contributed by atoms with van der Waals surface area (Å²) in [6.45, 7) is 1.06. The maximum absolute atomic E-state index is 12.1. The SMILES string of the molecule is Nc1c(C(=O)NCCn2ccnn2)sc2ccccc12. The highest BCUT2D eigenvalue weighted by Crippen LogP contribution is 2.33. The van der Waals surface area contributed by atoms with E-state index in [2.05, 4.69) is 15.6 Å². The summed E-state index contributed by atoms with van der Waals surface area (Å²) < 4.78 is 2.68. The van der Waals surface area contributed by atoms with Crippen molar-refractivity contribution in [3.05, 3.63) is 41.5 Å². The molecular formula is C13H13N5OS. The zero-order valence-electron chi connectivity index (χ0n) is 10.6. The molecule has 0 atom stereocenters. The van der Waals surface area contributed by atoms with Crippen LogP contribution in [0.1, 0.15) is 9.67 Å². The molecule has 2 heterocycles. The highest BCUT2D eigenvalue weighted by Gasteiger charge is 2.15. The number of nitrogens with one attached hydrogen (secondary N) is 1. The lowest BCUT2D eigenvalue weighted by molar-refractivity contribution is 0.0957. The van der Waals surface area contributed by atoms with Gasteiger partial charge >= 0.3 is 0 Å². The topological polar surface area (TPSA) is 85.8 Å². The van der Waals surface area contributed by atoms with E-state index in [0.29, 0.717) is 23.7 Å². The van der Waals surface area contributed by atoms with E-state index in [1.54, 1.807) is 17.1 Å². The number of nitrogen functional groups attached to an aromatic ring is 1. The fourth-order valence-electron chi connectivity index (χ4n) is 1.95. The molecule has 3 N–H and O–H groups in total. The minimum atomic E-state index is -0.149. The molecule has 0 bridgehead atoms. The predicted molar refractivity (Wildman–Crippen MR) is 78.6 cm³/mol. The van der Waals surface area contributed by atoms with E-state index in [0.717, 1.165) is 10.1 Å². The van der Waals surface area contributed by atoms with Gasteiger partial charge in [0.25, 0.3) is 5.91 Å². The molecule has 0 aliphatic heterocycles. The van der Waals surface area contributed by atoms with Gasteiger partial charge in [-0.3, -0.25) is 9.48 Å². The molecule has 2 aromatic heterocycles. The van der Waals surface area contributed by atoms with Crippen LogP contribution < -0.4 is 11.1 Å². The maximum Gasteiger partial charge on any atom is 0.263 e. The Balaban J connectivity index is 1.71. The van der Waals surface area contributed by atoms with Crippen molar-refractivity contribution in [2.75, 3.05) is 12.3 Å². The fourth-order valence-corrected chi connectivity index (χ4v) is 2.99. The summed E-state index contributed by atoms with van der Waals surface area (Å²) in [5, 5.41) is 11.3. The largest absolute Gasteiger partial charge is 0.397 e. The molecular weight excluding hydrogens is 274 g/mol. The van der Waals surface area contributed by atoms with Crippen molar-refractivity contribution in [3.63, 3.8) is 0 Å². The summed E-state index contributed by atoms with van der Waals surface area (Å²) in [6.07, 6.45) is 3.35. The molecule has 1 amide bonds. The lowest BCUT2D eigenvalue weighted by Crippen LogP contribution is -2.27. The lowest BCUT2D eigenvalue weighted by Gasteiger charge is -2.04. The molecule has 0 radical (unpaired) electrons. The summed E-state index contributed by atoms with van der Waals surface area (Å²) >= 11 is 1.41. The van der Waals surface area contributed by atoms with Crippen molar-refractivity contribution in [1.29, 1.82) is 0 Å². The molecule has 0 unspecified atom stereocenters. The second-order valence-electron chi connectivity index (χ2n) is 4.26. The number of aromatic nitrogens is 3. The van der Waals surface area contributed by atoms with Gasteiger partial charge in [-0.15, -0.1) is 16.4 Å². The Bertz CT molecular complexity index is 734. The van der Waals surface area contributed by atoms with Gasteiger partial charge in [0.2, 0.25) is 0 Å². The molecule has 1 aromatic carbocycles. The predicted octanol–water partition coefficient (Wildman–Crippen LogP) is 1.50. The second-order valence-corrected chi connectivity index (χ2v) is 5.32. The summed E-state index contributed by atoms with van der Waals surface area (Å²) in [6, 6.07) is 7.73. The number of anilines is 1. The van der Waals surface area contributed by atoms with Crippen molar-refractivity contribution in [2.45, 2.75) is 6.54 Å². The number of hydrogen-bond donors (Lipinski definition) is 2. The van der Waals surface area contributed by atoms with Crippen LogP contribution >= 0.6 is 11.3 Å². The molecule has 20 heavy (non-hydrogen) atoms. The van der Waals surface area contributed by atoms with E-state index in [9.17, 15) is 4.79 Å². The smallest absolute Gasteiger partial charge is 0.263 e. The van der Waals surface area contributed by atoms with Gasteiger partial charge in [0.1, 0.15) is 4.88 Å². The van der Waals surface area contributed by atoms with Crippen LogP contribution in [-0.2, 0) is 6.54 Å². The number of amides is 1. The monoisotopic (exact) mass is 287 g/mol. The van der Waals surface area contributed by atoms with Crippen molar-refractivity contribution >= 4 is 33.0 Å². The first-order valence-electron chi connectivity index (χ1n) is 6.15. The fraction of sp³-hybridized carbons (Fsp3) is 0.154. The summed E-state index contributed by atoms with van der Waals surface area (Å²) in [4.78, 5) is 12.7. The Morgan fingerprint density at radius 3 is 3.00 bits per heavy atom. The second kappa shape index (κ2) is 5.30. The summed E-state index contributed by atoms with van der Waals surface area (Å²) in [5.74, 6) is -0.149. The molecule has 0 spiro atoms. The minimum absolute atomic E-state index is 0.149. The molecule has 102 valence electrons. The van der Waals surface area contributed by atoms with E-state index in [4.69, 9.17) is 5.73 Å². The molecule has 0 saturated carbocycles. The third-order valence-corrected chi connectivity index (χ3v) is 4.12. The number of nitrogens with two attached hydrogens (primary N) is 1. The van der Waals surface area contributed by atoms with Crippen molar-refractivity contribution in [1.82, 2.24) is 20.3 Å². The molecule has 0 fully saturated rings. The van der Waals surface area contributed by atoms with Crippen LogP contribution in [0.25, 0.3) is 10.1 Å². The van der Waals surface area contributed by atoms with Gasteiger partial charge in [-0.2, -0.15) is 0 Å². The van der Waals surface area contributed by atoms with Gasteiger partial charge in [0.05, 0.1) is 18.4 Å². The Morgan fingerprint density at radius 2 is 2.25 bits per heavy atom. The number of nitrogens with zero attached hydrogens (tertiary/aromatic N) is 3. The molecule has 0 aliphatic rings. The average Bonchev–Trinajstić information content (AvgIpc) is 3.08. The van der Waals surface area contributed by atoms with Crippen molar-refractivity contribution in [2.24, 2.45) is 0 Å². The molecule has 3 rings (SSSR count). The lowest BCUT2D eigenvalue weighted by atomic mass is 10.2. The first-order chi connectivity index (χ1) is 9.75. The van der Waals surface area contributed by atoms with Gasteiger partial charge < -0.3 is 11.1 Å². The normalized spacial score (nSPS) is 10.8. The highest BCUT2D eigenvalue weighted by atomic mass is 32.1. The highest BCUT2D eigenvalue weighted by molar-refractivity contribution is 7.21. The van der Waals surface area contributed by atoms with Gasteiger partial charge in [-0.25, -0.2) is 0 Å². The minimum Gasteiger partial charge on any atom is -0.397 e. The molecule has 3 aromatic rings. The number of hydrogen-bond acceptors (Lipinski definition) is 5. The van der Waals surface area contributed by atoms with Crippen molar-refractivity contribution < 1.29 is 4.79 Å². The Hall–Kier alpha value is -2.41. The van der Waals surface area contributed by atoms with E-state index >= 15 is 0 Å². The zero-order chi connectivity index (χ0) is 13.9. The number of rotatable bonds is 4. The number of carbonyl (C=O) groups excluding carboxylic acids is 1. The number of carbonyl (C=O) groups is 1.